The van der Waals surface area contributed by atoms with Gasteiger partial charge < -0.3 is 14.9 Å². The summed E-state index contributed by atoms with van der Waals surface area (Å²) in [6.07, 6.45) is 0.997. The number of aliphatic hydroxyl groups excluding tert-OH is 2. The van der Waals surface area contributed by atoms with Gasteiger partial charge in [-0.2, -0.15) is 0 Å². The molecule has 1 unspecified atom stereocenters. The minimum absolute atomic E-state index is 0.187. The van der Waals surface area contributed by atoms with Gasteiger partial charge in [-0.15, -0.1) is 0 Å². The zero-order valence-corrected chi connectivity index (χ0v) is 10.9. The lowest BCUT2D eigenvalue weighted by Crippen LogP contribution is -2.03. The van der Waals surface area contributed by atoms with Crippen molar-refractivity contribution in [1.29, 1.82) is 0 Å². The van der Waals surface area contributed by atoms with E-state index < -0.39 is 6.10 Å². The molecule has 0 heterocycles. The summed E-state index contributed by atoms with van der Waals surface area (Å²) in [5.41, 5.74) is 0.776. The second-order valence-electron chi connectivity index (χ2n) is 3.64. The lowest BCUT2D eigenvalue weighted by molar-refractivity contribution is 0.189. The van der Waals surface area contributed by atoms with Crippen LogP contribution in [0.5, 0.6) is 5.75 Å². The SMILES string of the molecule is CC(O)c1cc(Br)ccc1OCCCCO. The maximum absolute atomic E-state index is 9.59. The Morgan fingerprint density at radius 3 is 2.75 bits per heavy atom. The topological polar surface area (TPSA) is 49.7 Å². The first-order chi connectivity index (χ1) is 7.65. The largest absolute Gasteiger partial charge is 0.493 e. The molecule has 90 valence electrons. The molecule has 0 aliphatic rings. The predicted molar refractivity (Wildman–Crippen MR) is 66.6 cm³/mol. The first-order valence-corrected chi connectivity index (χ1v) is 6.15. The summed E-state index contributed by atoms with van der Waals surface area (Å²) in [6.45, 7) is 2.46. The van der Waals surface area contributed by atoms with Crippen LogP contribution in [-0.2, 0) is 0 Å². The van der Waals surface area contributed by atoms with Gasteiger partial charge in [0, 0.05) is 16.6 Å². The molecule has 0 amide bonds. The third-order valence-corrected chi connectivity index (χ3v) is 2.73. The Hall–Kier alpha value is -0.580. The Bertz CT molecular complexity index is 326. The van der Waals surface area contributed by atoms with Gasteiger partial charge in [0.15, 0.2) is 0 Å². The van der Waals surface area contributed by atoms with Crippen LogP contribution < -0.4 is 4.74 Å². The van der Waals surface area contributed by atoms with Crippen molar-refractivity contribution in [2.75, 3.05) is 13.2 Å². The monoisotopic (exact) mass is 288 g/mol. The molecule has 1 atom stereocenters. The van der Waals surface area contributed by atoms with Crippen LogP contribution in [0, 0.1) is 0 Å². The Kier molecular flexibility index (Phi) is 5.80. The van der Waals surface area contributed by atoms with Gasteiger partial charge in [-0.25, -0.2) is 0 Å². The predicted octanol–water partition coefficient (Wildman–Crippen LogP) is 2.65. The average molecular weight is 289 g/mol. The van der Waals surface area contributed by atoms with Crippen molar-refractivity contribution in [2.24, 2.45) is 0 Å². The molecule has 2 N–H and O–H groups in total. The molecule has 4 heteroatoms. The quantitative estimate of drug-likeness (QED) is 0.792. The molecule has 0 radical (unpaired) electrons. The summed E-state index contributed by atoms with van der Waals surface area (Å²) in [5.74, 6) is 0.705. The minimum atomic E-state index is -0.551. The number of aliphatic hydroxyl groups is 2. The van der Waals surface area contributed by atoms with Crippen LogP contribution in [0.1, 0.15) is 31.4 Å². The number of rotatable bonds is 6. The summed E-state index contributed by atoms with van der Waals surface area (Å²) < 4.78 is 6.49. The molecule has 0 fully saturated rings. The number of hydrogen-bond acceptors (Lipinski definition) is 3. The number of unbranched alkanes of at least 4 members (excludes halogenated alkanes) is 1. The van der Waals surface area contributed by atoms with E-state index in [4.69, 9.17) is 9.84 Å². The van der Waals surface area contributed by atoms with Gasteiger partial charge in [-0.1, -0.05) is 15.9 Å². The summed E-state index contributed by atoms with van der Waals surface area (Å²) >= 11 is 3.36. The lowest BCUT2D eigenvalue weighted by Gasteiger charge is -2.13. The third-order valence-electron chi connectivity index (χ3n) is 2.23. The van der Waals surface area contributed by atoms with Crippen LogP contribution in [0.4, 0.5) is 0 Å². The van der Waals surface area contributed by atoms with Crippen molar-refractivity contribution in [3.05, 3.63) is 28.2 Å². The van der Waals surface area contributed by atoms with Gasteiger partial charge in [0.2, 0.25) is 0 Å². The Balaban J connectivity index is 2.64. The fraction of sp³-hybridized carbons (Fsp3) is 0.500. The summed E-state index contributed by atoms with van der Waals surface area (Å²) in [4.78, 5) is 0. The van der Waals surface area contributed by atoms with E-state index in [1.54, 1.807) is 6.92 Å². The number of hydrogen-bond donors (Lipinski definition) is 2. The summed E-state index contributed by atoms with van der Waals surface area (Å²) in [7, 11) is 0. The van der Waals surface area contributed by atoms with Crippen molar-refractivity contribution in [2.45, 2.75) is 25.9 Å². The zero-order valence-electron chi connectivity index (χ0n) is 9.32. The fourth-order valence-corrected chi connectivity index (χ4v) is 1.75. The number of ether oxygens (including phenoxy) is 1. The smallest absolute Gasteiger partial charge is 0.125 e. The van der Waals surface area contributed by atoms with Crippen molar-refractivity contribution in [3.8, 4) is 5.75 Å². The van der Waals surface area contributed by atoms with E-state index in [0.29, 0.717) is 12.4 Å². The molecule has 16 heavy (non-hydrogen) atoms. The second kappa shape index (κ2) is 6.89. The average Bonchev–Trinajstić information content (AvgIpc) is 2.26. The van der Waals surface area contributed by atoms with Gasteiger partial charge in [-0.3, -0.25) is 0 Å². The van der Waals surface area contributed by atoms with E-state index in [1.807, 2.05) is 18.2 Å². The van der Waals surface area contributed by atoms with E-state index in [1.165, 1.54) is 0 Å². The van der Waals surface area contributed by atoms with Crippen LogP contribution >= 0.6 is 15.9 Å². The van der Waals surface area contributed by atoms with Crippen LogP contribution in [0.2, 0.25) is 0 Å². The molecule has 0 saturated heterocycles. The first-order valence-electron chi connectivity index (χ1n) is 5.36. The van der Waals surface area contributed by atoms with Gasteiger partial charge in [0.25, 0.3) is 0 Å². The van der Waals surface area contributed by atoms with E-state index >= 15 is 0 Å². The van der Waals surface area contributed by atoms with Crippen molar-refractivity contribution in [1.82, 2.24) is 0 Å². The normalized spacial score (nSPS) is 12.5. The molecule has 1 aromatic rings. The highest BCUT2D eigenvalue weighted by Gasteiger charge is 2.09. The highest BCUT2D eigenvalue weighted by Crippen LogP contribution is 2.28. The highest BCUT2D eigenvalue weighted by molar-refractivity contribution is 9.10. The second-order valence-corrected chi connectivity index (χ2v) is 4.55. The molecule has 3 nitrogen and oxygen atoms in total. The van der Waals surface area contributed by atoms with Crippen molar-refractivity contribution in [3.63, 3.8) is 0 Å². The molecule has 0 spiro atoms. The van der Waals surface area contributed by atoms with Crippen molar-refractivity contribution >= 4 is 15.9 Å². The third kappa shape index (κ3) is 4.12. The molecule has 1 aromatic carbocycles. The van der Waals surface area contributed by atoms with E-state index in [2.05, 4.69) is 15.9 Å². The standard InChI is InChI=1S/C12H17BrO3/c1-9(15)11-8-10(13)4-5-12(11)16-7-3-2-6-14/h4-5,8-9,14-15H,2-3,6-7H2,1H3. The Morgan fingerprint density at radius 1 is 1.38 bits per heavy atom. The van der Waals surface area contributed by atoms with E-state index in [9.17, 15) is 5.11 Å². The van der Waals surface area contributed by atoms with Gasteiger partial charge in [0.1, 0.15) is 5.75 Å². The van der Waals surface area contributed by atoms with E-state index in [0.717, 1.165) is 22.9 Å². The van der Waals surface area contributed by atoms with Crippen LogP contribution in [0.3, 0.4) is 0 Å². The Labute approximate surface area is 104 Å². The van der Waals surface area contributed by atoms with Crippen LogP contribution in [0.25, 0.3) is 0 Å². The summed E-state index contributed by atoms with van der Waals surface area (Å²) in [5, 5.41) is 18.2. The van der Waals surface area contributed by atoms with Crippen molar-refractivity contribution < 1.29 is 14.9 Å². The lowest BCUT2D eigenvalue weighted by atomic mass is 10.1. The molecule has 0 aliphatic heterocycles. The van der Waals surface area contributed by atoms with E-state index in [-0.39, 0.29) is 6.61 Å². The van der Waals surface area contributed by atoms with Gasteiger partial charge in [-0.05, 0) is 38.0 Å². The Morgan fingerprint density at radius 2 is 2.12 bits per heavy atom. The minimum Gasteiger partial charge on any atom is -0.493 e. The number of benzene rings is 1. The maximum atomic E-state index is 9.59. The summed E-state index contributed by atoms with van der Waals surface area (Å²) in [6, 6.07) is 5.57. The molecule has 0 bridgehead atoms. The maximum Gasteiger partial charge on any atom is 0.125 e. The molecular formula is C12H17BrO3. The molecule has 0 saturated carbocycles. The molecular weight excluding hydrogens is 272 g/mol. The molecule has 0 aromatic heterocycles. The number of halogens is 1. The van der Waals surface area contributed by atoms with Gasteiger partial charge in [0.05, 0.1) is 12.7 Å². The van der Waals surface area contributed by atoms with Gasteiger partial charge >= 0.3 is 0 Å². The van der Waals surface area contributed by atoms with Crippen LogP contribution in [-0.4, -0.2) is 23.4 Å². The fourth-order valence-electron chi connectivity index (χ4n) is 1.37. The first kappa shape index (κ1) is 13.5. The highest BCUT2D eigenvalue weighted by atomic mass is 79.9. The molecule has 0 aliphatic carbocycles. The van der Waals surface area contributed by atoms with Crippen LogP contribution in [0.15, 0.2) is 22.7 Å². The zero-order chi connectivity index (χ0) is 12.0. The molecule has 1 rings (SSSR count).